The summed E-state index contributed by atoms with van der Waals surface area (Å²) in [5, 5.41) is 1.80. The summed E-state index contributed by atoms with van der Waals surface area (Å²) in [6.45, 7) is 0.944. The average Bonchev–Trinajstić information content (AvgIpc) is 2.83. The Bertz CT molecular complexity index is 1070. The molecule has 0 spiro atoms. The van der Waals surface area contributed by atoms with Crippen molar-refractivity contribution < 1.29 is 14.3 Å². The lowest BCUT2D eigenvalue weighted by Crippen LogP contribution is -2.23. The molecule has 0 bridgehead atoms. The van der Waals surface area contributed by atoms with E-state index < -0.39 is 0 Å². The van der Waals surface area contributed by atoms with Crippen molar-refractivity contribution >= 4 is 5.82 Å². The highest BCUT2D eigenvalue weighted by molar-refractivity contribution is 5.39. The number of para-hydroxylation sites is 1. The van der Waals surface area contributed by atoms with Crippen LogP contribution >= 0.6 is 0 Å². The van der Waals surface area contributed by atoms with Crippen molar-refractivity contribution in [2.45, 2.75) is 13.2 Å². The van der Waals surface area contributed by atoms with Crippen molar-refractivity contribution in [2.75, 3.05) is 12.2 Å². The monoisotopic (exact) mass is 412 g/mol. The third kappa shape index (κ3) is 5.84. The zero-order valence-corrected chi connectivity index (χ0v) is 17.3. The number of pyridine rings is 1. The van der Waals surface area contributed by atoms with Gasteiger partial charge in [-0.15, -0.1) is 0 Å². The molecule has 5 nitrogen and oxygen atoms in total. The Morgan fingerprint density at radius 1 is 0.710 bits per heavy atom. The molecule has 0 saturated heterocycles. The summed E-state index contributed by atoms with van der Waals surface area (Å²) in [5.41, 5.74) is 2.09. The van der Waals surface area contributed by atoms with Crippen molar-refractivity contribution in [3.63, 3.8) is 0 Å². The van der Waals surface area contributed by atoms with E-state index in [0.29, 0.717) is 13.2 Å². The summed E-state index contributed by atoms with van der Waals surface area (Å²) in [6, 6.07) is 31.3. The molecule has 0 radical (unpaired) electrons. The van der Waals surface area contributed by atoms with Crippen LogP contribution in [0.5, 0.6) is 17.2 Å². The maximum atomic E-state index is 6.14. The van der Waals surface area contributed by atoms with Gasteiger partial charge in [0.25, 0.3) is 0 Å². The van der Waals surface area contributed by atoms with Gasteiger partial charge in [-0.25, -0.2) is 10.0 Å². The van der Waals surface area contributed by atoms with Gasteiger partial charge in [0.2, 0.25) is 0 Å². The van der Waals surface area contributed by atoms with E-state index >= 15 is 0 Å². The number of ether oxygens (including phenoxy) is 2. The molecule has 0 aliphatic heterocycles. The van der Waals surface area contributed by atoms with Crippen molar-refractivity contribution in [1.29, 1.82) is 0 Å². The molecule has 0 atom stereocenters. The molecule has 3 aromatic carbocycles. The number of benzene rings is 3. The van der Waals surface area contributed by atoms with E-state index in [1.807, 2.05) is 97.1 Å². The molecule has 156 valence electrons. The molecule has 1 aromatic heterocycles. The molecule has 0 amide bonds. The molecule has 0 unspecified atom stereocenters. The minimum atomic E-state index is 0.417. The predicted molar refractivity (Wildman–Crippen MR) is 121 cm³/mol. The van der Waals surface area contributed by atoms with Crippen LogP contribution in [0.25, 0.3) is 0 Å². The summed E-state index contributed by atoms with van der Waals surface area (Å²) in [7, 11) is 1.66. The molecule has 5 heteroatoms. The van der Waals surface area contributed by atoms with Crippen LogP contribution in [0.3, 0.4) is 0 Å². The highest BCUT2D eigenvalue weighted by Crippen LogP contribution is 2.24. The second kappa shape index (κ2) is 10.3. The van der Waals surface area contributed by atoms with E-state index in [9.17, 15) is 0 Å². The number of methoxy groups -OCH3 is 1. The van der Waals surface area contributed by atoms with Crippen molar-refractivity contribution in [3.8, 4) is 17.2 Å². The molecule has 0 N–H and O–H groups in total. The smallest absolute Gasteiger partial charge is 0.152 e. The second-order valence-corrected chi connectivity index (χ2v) is 6.91. The topological polar surface area (TPSA) is 43.8 Å². The van der Waals surface area contributed by atoms with Crippen molar-refractivity contribution in [2.24, 2.45) is 0 Å². The summed E-state index contributed by atoms with van der Waals surface area (Å²) in [4.78, 5) is 10.6. The maximum Gasteiger partial charge on any atom is 0.152 e. The lowest BCUT2D eigenvalue weighted by molar-refractivity contribution is 0.0890. The van der Waals surface area contributed by atoms with Gasteiger partial charge in [-0.1, -0.05) is 48.5 Å². The van der Waals surface area contributed by atoms with Crippen LogP contribution < -0.4 is 14.5 Å². The lowest BCUT2D eigenvalue weighted by Gasteiger charge is -2.23. The first-order valence-corrected chi connectivity index (χ1v) is 10.1. The second-order valence-electron chi connectivity index (χ2n) is 6.91. The molecule has 0 fully saturated rings. The van der Waals surface area contributed by atoms with Crippen LogP contribution in [0.1, 0.15) is 11.1 Å². The van der Waals surface area contributed by atoms with Crippen LogP contribution in [0.4, 0.5) is 5.82 Å². The first kappa shape index (κ1) is 20.4. The Morgan fingerprint density at radius 2 is 1.48 bits per heavy atom. The minimum absolute atomic E-state index is 0.417. The highest BCUT2D eigenvalue weighted by atomic mass is 16.7. The summed E-state index contributed by atoms with van der Waals surface area (Å²) >= 11 is 0. The zero-order valence-electron chi connectivity index (χ0n) is 17.3. The van der Waals surface area contributed by atoms with E-state index in [0.717, 1.165) is 34.2 Å². The minimum Gasteiger partial charge on any atom is -0.497 e. The zero-order chi connectivity index (χ0) is 21.3. The molecule has 0 aliphatic rings. The quantitative estimate of drug-likeness (QED) is 0.315. The number of nitrogens with zero attached hydrogens (tertiary/aromatic N) is 2. The molecule has 0 saturated carbocycles. The van der Waals surface area contributed by atoms with Crippen LogP contribution in [0.2, 0.25) is 0 Å². The normalized spacial score (nSPS) is 10.5. The number of anilines is 1. The summed E-state index contributed by atoms with van der Waals surface area (Å²) in [6.07, 6.45) is 1.76. The fourth-order valence-electron chi connectivity index (χ4n) is 3.07. The van der Waals surface area contributed by atoms with Gasteiger partial charge in [-0.05, 0) is 59.7 Å². The Kier molecular flexibility index (Phi) is 6.78. The first-order chi connectivity index (χ1) is 15.3. The van der Waals surface area contributed by atoms with Crippen LogP contribution in [-0.4, -0.2) is 12.1 Å². The third-order valence-corrected chi connectivity index (χ3v) is 4.65. The van der Waals surface area contributed by atoms with E-state index in [-0.39, 0.29) is 0 Å². The van der Waals surface area contributed by atoms with E-state index in [2.05, 4.69) is 4.98 Å². The number of hydrogen-bond acceptors (Lipinski definition) is 5. The molecule has 0 aliphatic carbocycles. The molecule has 31 heavy (non-hydrogen) atoms. The third-order valence-electron chi connectivity index (χ3n) is 4.65. The van der Waals surface area contributed by atoms with Crippen molar-refractivity contribution in [3.05, 3.63) is 114 Å². The SMILES string of the molecule is COc1ccc(CON(Cc2cccc(Oc3ccccc3)c2)c2ccccn2)cc1. The van der Waals surface area contributed by atoms with E-state index in [1.54, 1.807) is 18.4 Å². The predicted octanol–water partition coefficient (Wildman–Crippen LogP) is 6.02. The number of rotatable bonds is 9. The van der Waals surface area contributed by atoms with Crippen molar-refractivity contribution in [1.82, 2.24) is 4.98 Å². The van der Waals surface area contributed by atoms with Gasteiger partial charge in [0.05, 0.1) is 20.3 Å². The Hall–Kier alpha value is -3.83. The molecular weight excluding hydrogens is 388 g/mol. The highest BCUT2D eigenvalue weighted by Gasteiger charge is 2.11. The van der Waals surface area contributed by atoms with E-state index in [1.165, 1.54) is 0 Å². The van der Waals surface area contributed by atoms with Gasteiger partial charge in [-0.3, -0.25) is 4.84 Å². The Balaban J connectivity index is 1.48. The first-order valence-electron chi connectivity index (χ1n) is 10.1. The van der Waals surface area contributed by atoms with E-state index in [4.69, 9.17) is 14.3 Å². The number of hydrogen-bond donors (Lipinski definition) is 0. The molecule has 4 rings (SSSR count). The van der Waals surface area contributed by atoms with Gasteiger partial charge in [-0.2, -0.15) is 0 Å². The van der Waals surface area contributed by atoms with Crippen LogP contribution in [0.15, 0.2) is 103 Å². The number of hydroxylamine groups is 1. The fraction of sp³-hybridized carbons (Fsp3) is 0.115. The standard InChI is InChI=1S/C26H24N2O3/c1-29-23-15-13-21(14-16-23)20-30-28(26-12-5-6-17-27-26)19-22-8-7-11-25(18-22)31-24-9-3-2-4-10-24/h2-18H,19-20H2,1H3. The fourth-order valence-corrected chi connectivity index (χ4v) is 3.07. The summed E-state index contributed by atoms with van der Waals surface area (Å²) < 4.78 is 11.2. The molecule has 1 heterocycles. The largest absolute Gasteiger partial charge is 0.497 e. The van der Waals surface area contributed by atoms with Gasteiger partial charge < -0.3 is 9.47 Å². The van der Waals surface area contributed by atoms with Gasteiger partial charge in [0.1, 0.15) is 17.2 Å². The molecule has 4 aromatic rings. The number of aromatic nitrogens is 1. The van der Waals surface area contributed by atoms with Crippen LogP contribution in [0, 0.1) is 0 Å². The Labute approximate surface area is 182 Å². The Morgan fingerprint density at radius 3 is 2.23 bits per heavy atom. The van der Waals surface area contributed by atoms with Gasteiger partial charge in [0, 0.05) is 6.20 Å². The molecular formula is C26H24N2O3. The van der Waals surface area contributed by atoms with Crippen LogP contribution in [-0.2, 0) is 18.0 Å². The van der Waals surface area contributed by atoms with Gasteiger partial charge in [0.15, 0.2) is 5.82 Å². The maximum absolute atomic E-state index is 6.14. The van der Waals surface area contributed by atoms with Gasteiger partial charge >= 0.3 is 0 Å². The average molecular weight is 412 g/mol. The lowest BCUT2D eigenvalue weighted by atomic mass is 10.2. The summed E-state index contributed by atoms with van der Waals surface area (Å²) in [5.74, 6) is 3.14.